The van der Waals surface area contributed by atoms with Crippen molar-refractivity contribution in [3.8, 4) is 0 Å². The Kier molecular flexibility index (Phi) is 3.63. The Hall–Kier alpha value is 0.104. The van der Waals surface area contributed by atoms with E-state index >= 15 is 0 Å². The van der Waals surface area contributed by atoms with Crippen LogP contribution in [0.2, 0.25) is 47.3 Å². The third-order valence-electron chi connectivity index (χ3n) is 6.26. The molecule has 106 valence electrons. The monoisotopic (exact) mass is 284 g/mol. The number of rotatable bonds is 2. The summed E-state index contributed by atoms with van der Waals surface area (Å²) in [4.78, 5) is 12.5. The molecule has 0 saturated heterocycles. The summed E-state index contributed by atoms with van der Waals surface area (Å²) in [5.41, 5.74) is 0.858. The van der Waals surface area contributed by atoms with Gasteiger partial charge in [-0.15, -0.1) is 0 Å². The molecule has 1 nitrogen and oxygen atoms in total. The molecule has 1 saturated carbocycles. The average Bonchev–Trinajstić information content (AvgIpc) is 2.73. The molecule has 18 heavy (non-hydrogen) atoms. The Morgan fingerprint density at radius 1 is 0.722 bits per heavy atom. The van der Waals surface area contributed by atoms with Crippen molar-refractivity contribution >= 4 is 21.9 Å². The molecule has 2 atom stereocenters. The number of hydrogen-bond donors (Lipinski definition) is 0. The third-order valence-corrected chi connectivity index (χ3v) is 18.7. The predicted molar refractivity (Wildman–Crippen MR) is 86.9 cm³/mol. The Labute approximate surface area is 116 Å². The molecule has 1 rings (SSSR count). The maximum Gasteiger partial charge on any atom is 0.134 e. The lowest BCUT2D eigenvalue weighted by Crippen LogP contribution is -2.42. The summed E-state index contributed by atoms with van der Waals surface area (Å²) in [6.07, 6.45) is 0. The van der Waals surface area contributed by atoms with Gasteiger partial charge in [0.15, 0.2) is 0 Å². The van der Waals surface area contributed by atoms with Gasteiger partial charge in [-0.1, -0.05) is 67.7 Å². The van der Waals surface area contributed by atoms with Crippen molar-refractivity contribution in [3.63, 3.8) is 0 Å². The first-order valence-electron chi connectivity index (χ1n) is 7.19. The van der Waals surface area contributed by atoms with Gasteiger partial charge in [-0.3, -0.25) is 4.79 Å². The van der Waals surface area contributed by atoms with Crippen molar-refractivity contribution in [1.82, 2.24) is 0 Å². The quantitative estimate of drug-likeness (QED) is 0.627. The van der Waals surface area contributed by atoms with Crippen molar-refractivity contribution in [3.05, 3.63) is 0 Å². The zero-order valence-electron chi connectivity index (χ0n) is 14.1. The number of Topliss-reactive ketones (excluding diaryl/α,β-unsaturated/α-hetero) is 1. The molecule has 0 spiro atoms. The molecule has 3 heteroatoms. The van der Waals surface area contributed by atoms with E-state index in [1.54, 1.807) is 0 Å². The fraction of sp³-hybridized carbons (Fsp3) is 0.933. The van der Waals surface area contributed by atoms with Gasteiger partial charge in [0.25, 0.3) is 0 Å². The van der Waals surface area contributed by atoms with Crippen LogP contribution in [0.25, 0.3) is 0 Å². The molecule has 1 fully saturated rings. The van der Waals surface area contributed by atoms with Crippen LogP contribution < -0.4 is 0 Å². The summed E-state index contributed by atoms with van der Waals surface area (Å²) < 4.78 is 0. The summed E-state index contributed by atoms with van der Waals surface area (Å²) in [5, 5.41) is 0.648. The zero-order chi connectivity index (χ0) is 14.7. The van der Waals surface area contributed by atoms with Crippen LogP contribution >= 0.6 is 0 Å². The van der Waals surface area contributed by atoms with Gasteiger partial charge in [0.1, 0.15) is 5.78 Å². The molecule has 0 aromatic carbocycles. The summed E-state index contributed by atoms with van der Waals surface area (Å²) in [6, 6.07) is 0. The SMILES string of the molecule is CC(C)(C)[Si](C)(C)[C@@H]1C(=O)[C@@H]1[Si](C)(C)C(C)(C)C. The summed E-state index contributed by atoms with van der Waals surface area (Å²) in [7, 11) is -3.00. The lowest BCUT2D eigenvalue weighted by Gasteiger charge is -2.41. The predicted octanol–water partition coefficient (Wildman–Crippen LogP) is 5.33. The fourth-order valence-electron chi connectivity index (χ4n) is 2.72. The second kappa shape index (κ2) is 4.05. The van der Waals surface area contributed by atoms with Gasteiger partial charge in [-0.25, -0.2) is 0 Å². The first-order valence-corrected chi connectivity index (χ1v) is 13.3. The molecule has 0 radical (unpaired) electrons. The normalized spacial score (nSPS) is 26.4. The molecule has 1 aliphatic carbocycles. The average molecular weight is 285 g/mol. The zero-order valence-corrected chi connectivity index (χ0v) is 16.1. The molecule has 0 aliphatic heterocycles. The number of carbonyl (C=O) groups excluding carboxylic acids is 1. The molecule has 0 aromatic heterocycles. The minimum Gasteiger partial charge on any atom is -0.300 e. The molecule has 0 bridgehead atoms. The molecular weight excluding hydrogens is 252 g/mol. The van der Waals surface area contributed by atoms with Crippen LogP contribution in [-0.4, -0.2) is 21.9 Å². The molecule has 0 N–H and O–H groups in total. The standard InChI is InChI=1S/C15H32OSi2/c1-14(2,3)17(7,8)12-11(16)13(12)18(9,10)15(4,5)6/h12-13H,1-10H3/t12-,13+. The van der Waals surface area contributed by atoms with Crippen LogP contribution in [0, 0.1) is 0 Å². The first-order chi connectivity index (χ1) is 7.65. The Morgan fingerprint density at radius 2 is 0.944 bits per heavy atom. The Morgan fingerprint density at radius 3 is 1.11 bits per heavy atom. The van der Waals surface area contributed by atoms with Gasteiger partial charge in [0.05, 0.1) is 16.1 Å². The van der Waals surface area contributed by atoms with Crippen molar-refractivity contribution in [1.29, 1.82) is 0 Å². The van der Waals surface area contributed by atoms with E-state index in [4.69, 9.17) is 0 Å². The van der Waals surface area contributed by atoms with Gasteiger partial charge in [0.2, 0.25) is 0 Å². The highest BCUT2D eigenvalue weighted by molar-refractivity contribution is 6.96. The van der Waals surface area contributed by atoms with Crippen molar-refractivity contribution in [2.24, 2.45) is 0 Å². The smallest absolute Gasteiger partial charge is 0.134 e. The third kappa shape index (κ3) is 2.28. The molecular formula is C15H32OSi2. The van der Waals surface area contributed by atoms with Crippen LogP contribution in [0.3, 0.4) is 0 Å². The lowest BCUT2D eigenvalue weighted by atomic mass is 10.2. The highest BCUT2D eigenvalue weighted by Gasteiger charge is 2.68. The van der Waals surface area contributed by atoms with E-state index in [1.807, 2.05) is 0 Å². The summed E-state index contributed by atoms with van der Waals surface area (Å²) in [6.45, 7) is 23.6. The highest BCUT2D eigenvalue weighted by Crippen LogP contribution is 2.66. The van der Waals surface area contributed by atoms with E-state index < -0.39 is 16.1 Å². The molecule has 0 aromatic rings. The van der Waals surface area contributed by atoms with Crippen LogP contribution in [0.1, 0.15) is 41.5 Å². The summed E-state index contributed by atoms with van der Waals surface area (Å²) >= 11 is 0. The number of carbonyl (C=O) groups is 1. The second-order valence-corrected chi connectivity index (χ2v) is 20.4. The Bertz CT molecular complexity index is 322. The maximum absolute atomic E-state index is 12.5. The largest absolute Gasteiger partial charge is 0.300 e. The van der Waals surface area contributed by atoms with Gasteiger partial charge in [0, 0.05) is 11.1 Å². The maximum atomic E-state index is 12.5. The number of ketones is 1. The van der Waals surface area contributed by atoms with E-state index in [1.165, 1.54) is 0 Å². The van der Waals surface area contributed by atoms with E-state index in [-0.39, 0.29) is 0 Å². The van der Waals surface area contributed by atoms with Crippen LogP contribution in [-0.2, 0) is 4.79 Å². The van der Waals surface area contributed by atoms with E-state index in [0.717, 1.165) is 0 Å². The van der Waals surface area contributed by atoms with E-state index in [2.05, 4.69) is 67.7 Å². The van der Waals surface area contributed by atoms with Crippen LogP contribution in [0.5, 0.6) is 0 Å². The highest BCUT2D eigenvalue weighted by atomic mass is 28.3. The second-order valence-electron chi connectivity index (χ2n) is 9.30. The lowest BCUT2D eigenvalue weighted by molar-refractivity contribution is -0.110. The first kappa shape index (κ1) is 16.2. The van der Waals surface area contributed by atoms with Crippen LogP contribution in [0.15, 0.2) is 0 Å². The molecule has 0 unspecified atom stereocenters. The van der Waals surface area contributed by atoms with Gasteiger partial charge in [-0.2, -0.15) is 0 Å². The molecule has 1 aliphatic rings. The minimum atomic E-state index is -1.50. The topological polar surface area (TPSA) is 17.1 Å². The van der Waals surface area contributed by atoms with E-state index in [0.29, 0.717) is 26.9 Å². The molecule has 0 amide bonds. The van der Waals surface area contributed by atoms with Gasteiger partial charge in [-0.05, 0) is 10.1 Å². The van der Waals surface area contributed by atoms with E-state index in [9.17, 15) is 4.79 Å². The molecule has 0 heterocycles. The Balaban J connectivity index is 3.05. The summed E-state index contributed by atoms with van der Waals surface area (Å²) in [5.74, 6) is 0.605. The minimum absolute atomic E-state index is 0.324. The fourth-order valence-corrected chi connectivity index (χ4v) is 10.8. The van der Waals surface area contributed by atoms with Crippen molar-refractivity contribution in [2.45, 2.75) is 88.9 Å². The van der Waals surface area contributed by atoms with Crippen molar-refractivity contribution < 1.29 is 4.79 Å². The number of hydrogen-bond acceptors (Lipinski definition) is 1. The van der Waals surface area contributed by atoms with Crippen molar-refractivity contribution in [2.75, 3.05) is 0 Å². The van der Waals surface area contributed by atoms with Crippen LogP contribution in [0.4, 0.5) is 0 Å². The van der Waals surface area contributed by atoms with Gasteiger partial charge < -0.3 is 0 Å². The van der Waals surface area contributed by atoms with Gasteiger partial charge >= 0.3 is 0 Å².